The average Bonchev–Trinajstić information content (AvgIpc) is 3.22. The SMILES string of the molecule is O=C(CCn1ncc(=O)c2ccccc21)Nc1ccc(OC2CCCC2)cc1. The van der Waals surface area contributed by atoms with E-state index in [1.165, 1.54) is 19.0 Å². The van der Waals surface area contributed by atoms with Crippen LogP contribution in [0.5, 0.6) is 5.75 Å². The van der Waals surface area contributed by atoms with Crippen LogP contribution in [0.1, 0.15) is 32.1 Å². The normalized spacial score (nSPS) is 14.3. The Morgan fingerprint density at radius 3 is 2.64 bits per heavy atom. The van der Waals surface area contributed by atoms with Crippen molar-refractivity contribution >= 4 is 22.5 Å². The number of hydrogen-bond acceptors (Lipinski definition) is 4. The Hall–Kier alpha value is -3.15. The standard InChI is InChI=1S/C22H23N3O3/c26-21-15-23-25(20-8-4-3-7-19(20)21)14-13-22(27)24-16-9-11-18(12-10-16)28-17-5-1-2-6-17/h3-4,7-12,15,17H,1-2,5-6,13-14H2,(H,24,27). The van der Waals surface area contributed by atoms with Gasteiger partial charge in [-0.25, -0.2) is 0 Å². The maximum absolute atomic E-state index is 12.3. The highest BCUT2D eigenvalue weighted by atomic mass is 16.5. The average molecular weight is 377 g/mol. The molecule has 4 rings (SSSR count). The Labute approximate surface area is 163 Å². The molecule has 6 nitrogen and oxygen atoms in total. The summed E-state index contributed by atoms with van der Waals surface area (Å²) in [6.07, 6.45) is 6.58. The van der Waals surface area contributed by atoms with Gasteiger partial charge in [-0.15, -0.1) is 0 Å². The summed E-state index contributed by atoms with van der Waals surface area (Å²) in [4.78, 5) is 24.2. The van der Waals surface area contributed by atoms with Gasteiger partial charge in [0.1, 0.15) is 5.75 Å². The Balaban J connectivity index is 1.35. The first-order valence-corrected chi connectivity index (χ1v) is 9.70. The molecule has 0 saturated heterocycles. The maximum Gasteiger partial charge on any atom is 0.226 e. The van der Waals surface area contributed by atoms with Gasteiger partial charge in [-0.2, -0.15) is 5.10 Å². The number of fused-ring (bicyclic) bond motifs is 1. The van der Waals surface area contributed by atoms with Crippen LogP contribution >= 0.6 is 0 Å². The van der Waals surface area contributed by atoms with Crippen molar-refractivity contribution in [3.05, 3.63) is 65.0 Å². The van der Waals surface area contributed by atoms with Crippen LogP contribution in [0.25, 0.3) is 10.9 Å². The highest BCUT2D eigenvalue weighted by Gasteiger charge is 2.16. The summed E-state index contributed by atoms with van der Waals surface area (Å²) in [5.41, 5.74) is 1.36. The number of para-hydroxylation sites is 1. The van der Waals surface area contributed by atoms with Crippen LogP contribution in [0.15, 0.2) is 59.5 Å². The van der Waals surface area contributed by atoms with E-state index in [1.54, 1.807) is 10.7 Å². The van der Waals surface area contributed by atoms with Crippen LogP contribution < -0.4 is 15.5 Å². The molecule has 1 fully saturated rings. The van der Waals surface area contributed by atoms with Crippen molar-refractivity contribution in [3.8, 4) is 5.75 Å². The summed E-state index contributed by atoms with van der Waals surface area (Å²) in [5, 5.41) is 7.66. The summed E-state index contributed by atoms with van der Waals surface area (Å²) in [6, 6.07) is 14.8. The Kier molecular flexibility index (Phi) is 5.37. The molecule has 0 aliphatic heterocycles. The summed E-state index contributed by atoms with van der Waals surface area (Å²) in [7, 11) is 0. The number of aromatic nitrogens is 2. The zero-order valence-corrected chi connectivity index (χ0v) is 15.6. The first kappa shape index (κ1) is 18.2. The van der Waals surface area contributed by atoms with Crippen molar-refractivity contribution in [1.29, 1.82) is 0 Å². The quantitative estimate of drug-likeness (QED) is 0.710. The number of benzene rings is 2. The van der Waals surface area contributed by atoms with Gasteiger partial charge in [0, 0.05) is 17.5 Å². The second-order valence-electron chi connectivity index (χ2n) is 7.10. The van der Waals surface area contributed by atoms with E-state index in [-0.39, 0.29) is 17.8 Å². The summed E-state index contributed by atoms with van der Waals surface area (Å²) < 4.78 is 7.63. The van der Waals surface area contributed by atoms with E-state index >= 15 is 0 Å². The zero-order valence-electron chi connectivity index (χ0n) is 15.6. The third-order valence-corrected chi connectivity index (χ3v) is 5.06. The van der Waals surface area contributed by atoms with Crippen LogP contribution in [-0.2, 0) is 11.3 Å². The van der Waals surface area contributed by atoms with Crippen LogP contribution in [-0.4, -0.2) is 21.8 Å². The molecule has 1 aromatic heterocycles. The molecule has 1 heterocycles. The molecule has 1 aliphatic carbocycles. The molecule has 1 amide bonds. The van der Waals surface area contributed by atoms with Crippen molar-refractivity contribution in [1.82, 2.24) is 9.78 Å². The lowest BCUT2D eigenvalue weighted by atomic mass is 10.2. The highest BCUT2D eigenvalue weighted by molar-refractivity contribution is 5.90. The van der Waals surface area contributed by atoms with Gasteiger partial charge < -0.3 is 10.1 Å². The number of aryl methyl sites for hydroxylation is 1. The van der Waals surface area contributed by atoms with E-state index in [0.717, 1.165) is 29.8 Å². The molecule has 0 atom stereocenters. The van der Waals surface area contributed by atoms with E-state index in [9.17, 15) is 9.59 Å². The first-order chi connectivity index (χ1) is 13.7. The highest BCUT2D eigenvalue weighted by Crippen LogP contribution is 2.25. The van der Waals surface area contributed by atoms with Crippen molar-refractivity contribution in [2.75, 3.05) is 5.32 Å². The Morgan fingerprint density at radius 2 is 1.86 bits per heavy atom. The lowest BCUT2D eigenvalue weighted by Gasteiger charge is -2.13. The molecular weight excluding hydrogens is 354 g/mol. The number of nitrogens with zero attached hydrogens (tertiary/aromatic N) is 2. The Bertz CT molecular complexity index is 1020. The van der Waals surface area contributed by atoms with Gasteiger partial charge in [0.2, 0.25) is 11.3 Å². The van der Waals surface area contributed by atoms with Crippen molar-refractivity contribution < 1.29 is 9.53 Å². The van der Waals surface area contributed by atoms with Crippen LogP contribution in [0.4, 0.5) is 5.69 Å². The number of carbonyl (C=O) groups is 1. The van der Waals surface area contributed by atoms with Gasteiger partial charge in [0.15, 0.2) is 0 Å². The van der Waals surface area contributed by atoms with E-state index in [0.29, 0.717) is 18.0 Å². The molecule has 0 unspecified atom stereocenters. The van der Waals surface area contributed by atoms with Gasteiger partial charge in [0.05, 0.1) is 24.4 Å². The number of amides is 1. The molecule has 0 spiro atoms. The maximum atomic E-state index is 12.3. The first-order valence-electron chi connectivity index (χ1n) is 9.70. The monoisotopic (exact) mass is 377 g/mol. The fraction of sp³-hybridized carbons (Fsp3) is 0.318. The molecule has 0 radical (unpaired) electrons. The van der Waals surface area contributed by atoms with Crippen molar-refractivity contribution in [3.63, 3.8) is 0 Å². The van der Waals surface area contributed by atoms with Gasteiger partial charge in [-0.05, 0) is 62.1 Å². The minimum Gasteiger partial charge on any atom is -0.490 e. The fourth-order valence-electron chi connectivity index (χ4n) is 3.59. The second kappa shape index (κ2) is 8.25. The van der Waals surface area contributed by atoms with E-state index < -0.39 is 0 Å². The molecule has 1 saturated carbocycles. The number of anilines is 1. The van der Waals surface area contributed by atoms with Crippen molar-refractivity contribution in [2.45, 2.75) is 44.8 Å². The summed E-state index contributed by atoms with van der Waals surface area (Å²) >= 11 is 0. The largest absolute Gasteiger partial charge is 0.490 e. The molecule has 28 heavy (non-hydrogen) atoms. The summed E-state index contributed by atoms with van der Waals surface area (Å²) in [5.74, 6) is 0.739. The number of rotatable bonds is 6. The van der Waals surface area contributed by atoms with E-state index in [1.807, 2.05) is 42.5 Å². The van der Waals surface area contributed by atoms with E-state index in [2.05, 4.69) is 10.4 Å². The third-order valence-electron chi connectivity index (χ3n) is 5.06. The fourth-order valence-corrected chi connectivity index (χ4v) is 3.59. The number of carbonyl (C=O) groups excluding carboxylic acids is 1. The lowest BCUT2D eigenvalue weighted by Crippen LogP contribution is -2.18. The zero-order chi connectivity index (χ0) is 19.3. The number of ether oxygens (including phenoxy) is 1. The molecule has 1 N–H and O–H groups in total. The number of hydrogen-bond donors (Lipinski definition) is 1. The summed E-state index contributed by atoms with van der Waals surface area (Å²) in [6.45, 7) is 0.398. The smallest absolute Gasteiger partial charge is 0.226 e. The predicted molar refractivity (Wildman–Crippen MR) is 109 cm³/mol. The third kappa shape index (κ3) is 4.22. The van der Waals surface area contributed by atoms with Gasteiger partial charge in [0.25, 0.3) is 0 Å². The molecule has 3 aromatic rings. The minimum absolute atomic E-state index is 0.103. The van der Waals surface area contributed by atoms with Gasteiger partial charge in [-0.3, -0.25) is 14.3 Å². The lowest BCUT2D eigenvalue weighted by molar-refractivity contribution is -0.116. The molecule has 0 bridgehead atoms. The van der Waals surface area contributed by atoms with E-state index in [4.69, 9.17) is 4.74 Å². The van der Waals surface area contributed by atoms with Crippen molar-refractivity contribution in [2.24, 2.45) is 0 Å². The van der Waals surface area contributed by atoms with Gasteiger partial charge in [-0.1, -0.05) is 12.1 Å². The van der Waals surface area contributed by atoms with Crippen LogP contribution in [0, 0.1) is 0 Å². The predicted octanol–water partition coefficient (Wildman–Crippen LogP) is 3.75. The van der Waals surface area contributed by atoms with Crippen LogP contribution in [0.3, 0.4) is 0 Å². The molecule has 1 aliphatic rings. The molecule has 6 heteroatoms. The minimum atomic E-state index is -0.115. The van der Waals surface area contributed by atoms with Gasteiger partial charge >= 0.3 is 0 Å². The Morgan fingerprint density at radius 1 is 1.11 bits per heavy atom. The molecular formula is C22H23N3O3. The topological polar surface area (TPSA) is 73.2 Å². The number of nitrogens with one attached hydrogen (secondary N) is 1. The second-order valence-corrected chi connectivity index (χ2v) is 7.10. The van der Waals surface area contributed by atoms with Crippen LogP contribution in [0.2, 0.25) is 0 Å². The molecule has 144 valence electrons. The molecule has 2 aromatic carbocycles.